The van der Waals surface area contributed by atoms with Gasteiger partial charge in [0.1, 0.15) is 0 Å². The summed E-state index contributed by atoms with van der Waals surface area (Å²) in [6.45, 7) is 5.14. The first-order valence-corrected chi connectivity index (χ1v) is 3.47. The first-order valence-electron chi connectivity index (χ1n) is 3.47. The van der Waals surface area contributed by atoms with Crippen LogP contribution < -0.4 is 11.5 Å². The van der Waals surface area contributed by atoms with Crippen LogP contribution in [0.4, 0.5) is 0 Å². The molecule has 1 fully saturated rings. The van der Waals surface area contributed by atoms with Gasteiger partial charge in [-0.1, -0.05) is 6.92 Å². The van der Waals surface area contributed by atoms with E-state index >= 15 is 0 Å². The third kappa shape index (κ3) is 1.41. The minimum Gasteiger partial charge on any atom is -0.325 e. The van der Waals surface area contributed by atoms with Crippen molar-refractivity contribution in [1.29, 1.82) is 0 Å². The van der Waals surface area contributed by atoms with Gasteiger partial charge in [0.05, 0.1) is 0 Å². The van der Waals surface area contributed by atoms with E-state index in [9.17, 15) is 0 Å². The highest BCUT2D eigenvalue weighted by atomic mass is 15.2. The summed E-state index contributed by atoms with van der Waals surface area (Å²) in [5.41, 5.74) is 11.4. The Hall–Kier alpha value is -0.120. The second-order valence-corrected chi connectivity index (χ2v) is 2.68. The number of likely N-dealkylation sites (N-methyl/N-ethyl adjacent to an activating group) is 1. The van der Waals surface area contributed by atoms with E-state index in [-0.39, 0.29) is 12.1 Å². The zero-order valence-electron chi connectivity index (χ0n) is 5.88. The molecule has 2 unspecified atom stereocenters. The summed E-state index contributed by atoms with van der Waals surface area (Å²) in [6.07, 6.45) is 0. The van der Waals surface area contributed by atoms with E-state index < -0.39 is 0 Å². The third-order valence-electron chi connectivity index (χ3n) is 1.94. The molecular weight excluding hydrogens is 114 g/mol. The Morgan fingerprint density at radius 2 is 1.78 bits per heavy atom. The van der Waals surface area contributed by atoms with Crippen molar-refractivity contribution in [3.05, 3.63) is 0 Å². The van der Waals surface area contributed by atoms with Crippen molar-refractivity contribution < 1.29 is 0 Å². The summed E-state index contributed by atoms with van der Waals surface area (Å²) in [4.78, 5) is 2.27. The van der Waals surface area contributed by atoms with Gasteiger partial charge in [0.25, 0.3) is 0 Å². The normalized spacial score (nSPS) is 37.7. The van der Waals surface area contributed by atoms with E-state index in [4.69, 9.17) is 11.5 Å². The van der Waals surface area contributed by atoms with Gasteiger partial charge in [0.2, 0.25) is 0 Å². The van der Waals surface area contributed by atoms with E-state index in [2.05, 4.69) is 11.8 Å². The fraction of sp³-hybridized carbons (Fsp3) is 1.00. The SMILES string of the molecule is CCN1CC(N)C(N)C1. The van der Waals surface area contributed by atoms with Crippen molar-refractivity contribution in [2.45, 2.75) is 19.0 Å². The van der Waals surface area contributed by atoms with E-state index in [0.29, 0.717) is 0 Å². The van der Waals surface area contributed by atoms with Gasteiger partial charge in [-0.05, 0) is 6.54 Å². The zero-order chi connectivity index (χ0) is 6.85. The maximum Gasteiger partial charge on any atom is 0.0334 e. The first-order chi connectivity index (χ1) is 4.24. The van der Waals surface area contributed by atoms with Crippen LogP contribution in [0.25, 0.3) is 0 Å². The molecule has 2 atom stereocenters. The van der Waals surface area contributed by atoms with Crippen LogP contribution in [-0.2, 0) is 0 Å². The molecule has 1 saturated heterocycles. The van der Waals surface area contributed by atoms with Crippen LogP contribution >= 0.6 is 0 Å². The van der Waals surface area contributed by atoms with Crippen LogP contribution in [0.15, 0.2) is 0 Å². The van der Waals surface area contributed by atoms with Crippen LogP contribution in [0.3, 0.4) is 0 Å². The summed E-state index contributed by atoms with van der Waals surface area (Å²) >= 11 is 0. The van der Waals surface area contributed by atoms with Gasteiger partial charge in [-0.25, -0.2) is 0 Å². The topological polar surface area (TPSA) is 55.3 Å². The maximum atomic E-state index is 5.68. The Labute approximate surface area is 56.0 Å². The van der Waals surface area contributed by atoms with Crippen molar-refractivity contribution in [2.24, 2.45) is 11.5 Å². The molecule has 1 rings (SSSR count). The number of nitrogens with zero attached hydrogens (tertiary/aromatic N) is 1. The molecule has 0 radical (unpaired) electrons. The van der Waals surface area contributed by atoms with Crippen LogP contribution in [0.2, 0.25) is 0 Å². The van der Waals surface area contributed by atoms with Crippen LogP contribution in [-0.4, -0.2) is 36.6 Å². The summed E-state index contributed by atoms with van der Waals surface area (Å²) in [5, 5.41) is 0. The molecular formula is C6H15N3. The smallest absolute Gasteiger partial charge is 0.0334 e. The van der Waals surface area contributed by atoms with Gasteiger partial charge >= 0.3 is 0 Å². The molecule has 3 heteroatoms. The molecule has 9 heavy (non-hydrogen) atoms. The summed E-state index contributed by atoms with van der Waals surface area (Å²) in [6, 6.07) is 0.398. The molecule has 54 valence electrons. The molecule has 4 N–H and O–H groups in total. The highest BCUT2D eigenvalue weighted by molar-refractivity contribution is 4.88. The zero-order valence-corrected chi connectivity index (χ0v) is 5.88. The second-order valence-electron chi connectivity index (χ2n) is 2.68. The fourth-order valence-electron chi connectivity index (χ4n) is 1.20. The van der Waals surface area contributed by atoms with Gasteiger partial charge in [-0.3, -0.25) is 0 Å². The summed E-state index contributed by atoms with van der Waals surface area (Å²) in [5.74, 6) is 0. The average Bonchev–Trinajstić information content (AvgIpc) is 2.13. The third-order valence-corrected chi connectivity index (χ3v) is 1.94. The Kier molecular flexibility index (Phi) is 2.05. The molecule has 0 aromatic rings. The maximum absolute atomic E-state index is 5.68. The molecule has 0 amide bonds. The predicted molar refractivity (Wildman–Crippen MR) is 38.1 cm³/mol. The Morgan fingerprint density at radius 1 is 1.33 bits per heavy atom. The Bertz CT molecular complexity index is 84.3. The average molecular weight is 129 g/mol. The fourth-order valence-corrected chi connectivity index (χ4v) is 1.20. The molecule has 1 aliphatic rings. The molecule has 1 heterocycles. The van der Waals surface area contributed by atoms with Crippen molar-refractivity contribution in [3.8, 4) is 0 Å². The van der Waals surface area contributed by atoms with Crippen molar-refractivity contribution in [1.82, 2.24) is 4.90 Å². The minimum absolute atomic E-state index is 0.199. The molecule has 0 aliphatic carbocycles. The van der Waals surface area contributed by atoms with Crippen molar-refractivity contribution in [3.63, 3.8) is 0 Å². The molecule has 0 bridgehead atoms. The lowest BCUT2D eigenvalue weighted by Crippen LogP contribution is -2.39. The molecule has 3 nitrogen and oxygen atoms in total. The van der Waals surface area contributed by atoms with E-state index in [1.54, 1.807) is 0 Å². The first kappa shape index (κ1) is 6.99. The summed E-state index contributed by atoms with van der Waals surface area (Å²) < 4.78 is 0. The molecule has 0 saturated carbocycles. The lowest BCUT2D eigenvalue weighted by molar-refractivity contribution is 0.350. The van der Waals surface area contributed by atoms with Crippen LogP contribution in [0, 0.1) is 0 Å². The minimum atomic E-state index is 0.199. The lowest BCUT2D eigenvalue weighted by atomic mass is 10.2. The standard InChI is InChI=1S/C6H15N3/c1-2-9-3-5(7)6(8)4-9/h5-6H,2-4,7-8H2,1H3. The van der Waals surface area contributed by atoms with Crippen molar-refractivity contribution in [2.75, 3.05) is 19.6 Å². The number of likely N-dealkylation sites (tertiary alicyclic amines) is 1. The van der Waals surface area contributed by atoms with Crippen LogP contribution in [0.1, 0.15) is 6.92 Å². The monoisotopic (exact) mass is 129 g/mol. The van der Waals surface area contributed by atoms with Gasteiger partial charge in [-0.2, -0.15) is 0 Å². The number of hydrogen-bond acceptors (Lipinski definition) is 3. The molecule has 0 spiro atoms. The van der Waals surface area contributed by atoms with Crippen LogP contribution in [0.5, 0.6) is 0 Å². The quantitative estimate of drug-likeness (QED) is 0.476. The predicted octanol–water partition coefficient (Wildman–Crippen LogP) is -1.02. The molecule has 1 aliphatic heterocycles. The highest BCUT2D eigenvalue weighted by Gasteiger charge is 2.25. The van der Waals surface area contributed by atoms with E-state index in [1.807, 2.05) is 0 Å². The van der Waals surface area contributed by atoms with Gasteiger partial charge in [0, 0.05) is 25.2 Å². The second kappa shape index (κ2) is 2.64. The van der Waals surface area contributed by atoms with Crippen molar-refractivity contribution >= 4 is 0 Å². The largest absolute Gasteiger partial charge is 0.325 e. The lowest BCUT2D eigenvalue weighted by Gasteiger charge is -2.09. The van der Waals surface area contributed by atoms with Gasteiger partial charge < -0.3 is 16.4 Å². The van der Waals surface area contributed by atoms with Gasteiger partial charge in [-0.15, -0.1) is 0 Å². The Balaban J connectivity index is 2.35. The molecule has 0 aromatic heterocycles. The van der Waals surface area contributed by atoms with Gasteiger partial charge in [0.15, 0.2) is 0 Å². The highest BCUT2D eigenvalue weighted by Crippen LogP contribution is 2.04. The summed E-state index contributed by atoms with van der Waals surface area (Å²) in [7, 11) is 0. The molecule has 0 aromatic carbocycles. The van der Waals surface area contributed by atoms with E-state index in [1.165, 1.54) is 0 Å². The number of hydrogen-bond donors (Lipinski definition) is 2. The Morgan fingerprint density at radius 3 is 2.00 bits per heavy atom. The van der Waals surface area contributed by atoms with E-state index in [0.717, 1.165) is 19.6 Å². The number of rotatable bonds is 1. The number of nitrogens with two attached hydrogens (primary N) is 2.